The van der Waals surface area contributed by atoms with Crippen LogP contribution in [-0.4, -0.2) is 190 Å². The van der Waals surface area contributed by atoms with Gasteiger partial charge in [-0.05, 0) is 100.0 Å². The lowest BCUT2D eigenvalue weighted by atomic mass is 9.91. The van der Waals surface area contributed by atoms with E-state index in [-0.39, 0.29) is 106 Å². The van der Waals surface area contributed by atoms with E-state index < -0.39 is 78.1 Å². The van der Waals surface area contributed by atoms with Crippen molar-refractivity contribution in [1.82, 2.24) is 36.0 Å². The number of aliphatic hydroxyl groups excluding tert-OH is 2. The molecule has 25 nitrogen and oxygen atoms in total. The van der Waals surface area contributed by atoms with Gasteiger partial charge in [0.2, 0.25) is 17.7 Å². The summed E-state index contributed by atoms with van der Waals surface area (Å²) in [6.45, 7) is 17.7. The summed E-state index contributed by atoms with van der Waals surface area (Å²) in [5, 5.41) is 45.7. The monoisotopic (exact) mass is 1250 g/mol. The van der Waals surface area contributed by atoms with Crippen LogP contribution in [0, 0.1) is 23.7 Å². The van der Waals surface area contributed by atoms with Crippen molar-refractivity contribution >= 4 is 59.4 Å². The number of epoxide rings is 1. The Labute approximate surface area is 522 Å². The van der Waals surface area contributed by atoms with Gasteiger partial charge in [0.25, 0.3) is 11.8 Å². The molecule has 0 spiro atoms. The minimum Gasteiger partial charge on any atom is -0.457 e. The zero-order valence-electron chi connectivity index (χ0n) is 53.0. The number of primary amides is 1. The summed E-state index contributed by atoms with van der Waals surface area (Å²) in [7, 11) is 0. The Hall–Kier alpha value is -7.19. The summed E-state index contributed by atoms with van der Waals surface area (Å²) >= 11 is 0. The number of anilines is 1. The number of piperazine rings is 1. The minimum atomic E-state index is -1.19. The van der Waals surface area contributed by atoms with Crippen molar-refractivity contribution in [3.63, 3.8) is 0 Å². The maximum atomic E-state index is 13.7. The number of imide groups is 1. The number of aliphatic hydroxyl groups is 3. The van der Waals surface area contributed by atoms with Gasteiger partial charge in [-0.3, -0.25) is 38.6 Å². The molecule has 4 aliphatic rings. The number of esters is 1. The third kappa shape index (κ3) is 25.0. The molecule has 2 saturated heterocycles. The Kier molecular flexibility index (Phi) is 29.2. The van der Waals surface area contributed by atoms with Crippen LogP contribution in [0.1, 0.15) is 132 Å². The van der Waals surface area contributed by atoms with E-state index in [1.165, 1.54) is 12.2 Å². The van der Waals surface area contributed by atoms with Crippen LogP contribution in [0.4, 0.5) is 20.1 Å². The number of allylic oxidation sites excluding steroid dienone is 2. The third-order valence-electron chi connectivity index (χ3n) is 16.5. The molecule has 2 fully saturated rings. The first-order valence-electron chi connectivity index (χ1n) is 31.4. The Morgan fingerprint density at radius 1 is 0.876 bits per heavy atom. The smallest absolute Gasteiger partial charge is 0.410 e. The van der Waals surface area contributed by atoms with Gasteiger partial charge in [0.1, 0.15) is 30.9 Å². The molecule has 0 saturated carbocycles. The number of hydrogen-bond acceptors (Lipinski definition) is 17. The van der Waals surface area contributed by atoms with Crippen LogP contribution in [0.3, 0.4) is 0 Å². The molecule has 0 aromatic heterocycles. The molecule has 0 bridgehead atoms. The molecule has 494 valence electrons. The van der Waals surface area contributed by atoms with Gasteiger partial charge in [-0.15, -0.1) is 0 Å². The molecule has 0 unspecified atom stereocenters. The highest BCUT2D eigenvalue weighted by atomic mass is 16.6. The van der Waals surface area contributed by atoms with Crippen LogP contribution < -0.4 is 32.3 Å². The topological polar surface area (TPSA) is 350 Å². The molecular formula is C64H97N9O16. The van der Waals surface area contributed by atoms with Crippen molar-refractivity contribution in [3.05, 3.63) is 77.9 Å². The summed E-state index contributed by atoms with van der Waals surface area (Å²) < 4.78 is 23.3. The van der Waals surface area contributed by atoms with Gasteiger partial charge < -0.3 is 71.5 Å². The number of urea groups is 1. The zero-order chi connectivity index (χ0) is 65.4. The largest absolute Gasteiger partial charge is 0.457 e. The average molecular weight is 1250 g/mol. The first kappa shape index (κ1) is 72.6. The molecule has 0 radical (unpaired) electrons. The van der Waals surface area contributed by atoms with Gasteiger partial charge in [0.05, 0.1) is 36.4 Å². The number of hydrogen-bond donors (Lipinski definition) is 9. The molecule has 89 heavy (non-hydrogen) atoms. The molecule has 5 rings (SSSR count). The molecule has 1 aromatic rings. The lowest BCUT2D eigenvalue weighted by molar-refractivity contribution is -0.151. The molecule has 9 amide bonds. The highest BCUT2D eigenvalue weighted by Crippen LogP contribution is 2.38. The summed E-state index contributed by atoms with van der Waals surface area (Å²) in [5.41, 5.74) is 5.75. The van der Waals surface area contributed by atoms with Crippen molar-refractivity contribution in [1.29, 1.82) is 0 Å². The number of alkyl carbamates (subject to hydrolysis) is 1. The maximum absolute atomic E-state index is 13.7. The fourth-order valence-corrected chi connectivity index (χ4v) is 10.8. The van der Waals surface area contributed by atoms with Crippen LogP contribution in [-0.2, 0) is 54.3 Å². The number of amides is 9. The van der Waals surface area contributed by atoms with E-state index in [1.807, 2.05) is 46.8 Å². The van der Waals surface area contributed by atoms with E-state index in [1.54, 1.807) is 68.2 Å². The fourth-order valence-electron chi connectivity index (χ4n) is 10.8. The van der Waals surface area contributed by atoms with E-state index >= 15 is 0 Å². The fraction of sp³-hybridized carbons (Fsp3) is 0.641. The first-order chi connectivity index (χ1) is 42.2. The molecule has 25 heteroatoms. The van der Waals surface area contributed by atoms with Gasteiger partial charge in [-0.1, -0.05) is 84.4 Å². The Balaban J connectivity index is 1.04. The van der Waals surface area contributed by atoms with Crippen molar-refractivity contribution in [2.24, 2.45) is 29.4 Å². The third-order valence-corrected chi connectivity index (χ3v) is 16.5. The Bertz CT molecular complexity index is 2660. The summed E-state index contributed by atoms with van der Waals surface area (Å²) in [5.74, 6) is -3.69. The van der Waals surface area contributed by atoms with E-state index in [9.17, 15) is 58.5 Å². The number of benzene rings is 1. The maximum Gasteiger partial charge on any atom is 0.410 e. The predicted molar refractivity (Wildman–Crippen MR) is 331 cm³/mol. The zero-order valence-corrected chi connectivity index (χ0v) is 53.0. The number of nitrogens with one attached hydrogen (secondary N) is 5. The highest BCUT2D eigenvalue weighted by Gasteiger charge is 2.47. The van der Waals surface area contributed by atoms with Gasteiger partial charge in [-0.25, -0.2) is 14.4 Å². The van der Waals surface area contributed by atoms with Gasteiger partial charge in [0, 0.05) is 94.9 Å². The number of cyclic esters (lactones) is 1. The normalized spacial score (nSPS) is 24.2. The number of carbonyl (C=O) groups excluding carboxylic acids is 9. The Morgan fingerprint density at radius 3 is 2.24 bits per heavy atom. The second-order valence-corrected chi connectivity index (χ2v) is 24.5. The van der Waals surface area contributed by atoms with Crippen LogP contribution in [0.25, 0.3) is 0 Å². The number of rotatable bonds is 30. The second-order valence-electron chi connectivity index (χ2n) is 24.5. The van der Waals surface area contributed by atoms with Crippen molar-refractivity contribution < 1.29 is 77.4 Å². The van der Waals surface area contributed by atoms with E-state index in [0.717, 1.165) is 4.90 Å². The first-order valence-corrected chi connectivity index (χ1v) is 31.4. The number of nitrogens with two attached hydrogens (primary N) is 1. The van der Waals surface area contributed by atoms with E-state index in [0.29, 0.717) is 94.5 Å². The summed E-state index contributed by atoms with van der Waals surface area (Å²) in [6.07, 6.45) is 10.7. The molecule has 10 N–H and O–H groups in total. The summed E-state index contributed by atoms with van der Waals surface area (Å²) in [4.78, 5) is 119. The lowest BCUT2D eigenvalue weighted by Crippen LogP contribution is -2.54. The van der Waals surface area contributed by atoms with Crippen molar-refractivity contribution in [2.45, 2.75) is 187 Å². The average Bonchev–Trinajstić information content (AvgIpc) is 4.12. The number of unbranched alkanes of at least 4 members (excludes halogenated alkanes) is 2. The van der Waals surface area contributed by atoms with Crippen molar-refractivity contribution in [2.75, 3.05) is 57.7 Å². The Morgan fingerprint density at radius 2 is 1.57 bits per heavy atom. The number of ether oxygens (including phenoxy) is 4. The quantitative estimate of drug-likeness (QED) is 0.00964. The molecule has 0 aliphatic carbocycles. The molecule has 4 aliphatic heterocycles. The van der Waals surface area contributed by atoms with Gasteiger partial charge in [0.15, 0.2) is 0 Å². The van der Waals surface area contributed by atoms with Crippen LogP contribution in [0.15, 0.2) is 72.4 Å². The van der Waals surface area contributed by atoms with Gasteiger partial charge >= 0.3 is 24.2 Å². The van der Waals surface area contributed by atoms with E-state index in [4.69, 9.17) is 24.7 Å². The van der Waals surface area contributed by atoms with Crippen molar-refractivity contribution in [3.8, 4) is 0 Å². The predicted octanol–water partition coefficient (Wildman–Crippen LogP) is 4.64. The SMILES string of the molecule is CC[C@H](O)[C@@H](C)[C@H]1O[C@@H]1C[C@@](C)(O)/C=C/C=C(\C)[C@H]1OC(=O)C[C@H](O)CC[C@H](C)[C@@H](OC(=O)N2CCN(CCNC(=O)OCc3ccc(NC(=O)[C@H](CCCNC(N)=O)NC(=O)[C@@H](NC(=O)CCCCCN4C(=O)C=CC4=O)C(C)C)cc3)CC2)/C=C/[C@@H]1C. The number of nitrogens with zero attached hydrogens (tertiary/aromatic N) is 3. The van der Waals surface area contributed by atoms with Gasteiger partial charge in [-0.2, -0.15) is 0 Å². The highest BCUT2D eigenvalue weighted by molar-refractivity contribution is 6.12. The molecule has 4 heterocycles. The van der Waals surface area contributed by atoms with Crippen LogP contribution in [0.2, 0.25) is 0 Å². The standard InChI is InChI=1S/C64H97N9O16/c1-9-49(75)44(7)58-51(87-58)38-64(8,85)28-13-15-42(5)57-43(6)19-25-50(41(4)18-24-47(74)37-55(79)89-57)88-63(84)72-35-33-71(34-36-72)32-30-67-62(83)86-39-45-20-22-46(23-21-45)68-59(80)48(16-14-29-66-61(65)82)69-60(81)56(40(2)3)70-52(76)17-11-10-12-31-73-53(77)26-27-54(73)78/h13,15,19-23,25-28,40-41,43-44,47-51,56-58,74-75,85H,9-12,14,16-18,24,29-39H2,1-8H3,(H,67,83)(H,68,80)(H,69,81)(H,70,76)(H3,65,66,82)/b25-19+,28-13+,42-15+/t41-,43-,44+,47+,48-,49-,50-,51+,56-,57+,58+,64-/m0/s1. The second kappa shape index (κ2) is 35.9. The molecule has 12 atom stereocenters. The van der Waals surface area contributed by atoms with Crippen LogP contribution >= 0.6 is 0 Å². The summed E-state index contributed by atoms with van der Waals surface area (Å²) in [6, 6.07) is 3.80. The molecular weight excluding hydrogens is 1150 g/mol. The van der Waals surface area contributed by atoms with Crippen LogP contribution in [0.5, 0.6) is 0 Å². The molecule has 1 aromatic carbocycles. The number of carbonyl (C=O) groups is 9. The minimum absolute atomic E-state index is 0.0431. The van der Waals surface area contributed by atoms with E-state index in [2.05, 4.69) is 31.5 Å². The lowest BCUT2D eigenvalue weighted by Gasteiger charge is -2.35.